The second kappa shape index (κ2) is 8.64. The molecule has 2 heterocycles. The SMILES string of the molecule is CCCN([C@@H]1CCNC1)S(=O)(=O)N1C[C@H](CCCB(O)O)[C@@](C)(N)C1. The van der Waals surface area contributed by atoms with Gasteiger partial charge >= 0.3 is 7.12 Å². The van der Waals surface area contributed by atoms with Crippen LogP contribution in [0.15, 0.2) is 0 Å². The van der Waals surface area contributed by atoms with Crippen molar-refractivity contribution in [3.63, 3.8) is 0 Å². The Hall–Kier alpha value is -0.225. The van der Waals surface area contributed by atoms with Gasteiger partial charge in [-0.1, -0.05) is 13.3 Å². The van der Waals surface area contributed by atoms with Crippen molar-refractivity contribution in [1.82, 2.24) is 13.9 Å². The minimum absolute atomic E-state index is 0.0116. The lowest BCUT2D eigenvalue weighted by Gasteiger charge is -2.31. The van der Waals surface area contributed by atoms with Gasteiger partial charge in [-0.25, -0.2) is 0 Å². The minimum Gasteiger partial charge on any atom is -0.427 e. The zero-order valence-electron chi connectivity index (χ0n) is 15.4. The maximum Gasteiger partial charge on any atom is 0.451 e. The van der Waals surface area contributed by atoms with E-state index in [1.807, 2.05) is 13.8 Å². The molecule has 0 bridgehead atoms. The van der Waals surface area contributed by atoms with Crippen LogP contribution in [0.2, 0.25) is 6.32 Å². The second-order valence-corrected chi connectivity index (χ2v) is 9.55. The van der Waals surface area contributed by atoms with E-state index in [0.29, 0.717) is 39.0 Å². The molecule has 0 aromatic heterocycles. The van der Waals surface area contributed by atoms with E-state index in [1.165, 1.54) is 4.31 Å². The Kier molecular flexibility index (Phi) is 7.29. The fourth-order valence-electron chi connectivity index (χ4n) is 3.91. The average molecular weight is 376 g/mol. The van der Waals surface area contributed by atoms with E-state index >= 15 is 0 Å². The summed E-state index contributed by atoms with van der Waals surface area (Å²) < 4.78 is 29.6. The quantitative estimate of drug-likeness (QED) is 0.392. The van der Waals surface area contributed by atoms with E-state index in [4.69, 9.17) is 15.8 Å². The highest BCUT2D eigenvalue weighted by Gasteiger charge is 2.47. The molecule has 2 rings (SSSR count). The zero-order valence-corrected chi connectivity index (χ0v) is 16.2. The smallest absolute Gasteiger partial charge is 0.427 e. The molecule has 25 heavy (non-hydrogen) atoms. The van der Waals surface area contributed by atoms with E-state index in [1.54, 1.807) is 4.31 Å². The van der Waals surface area contributed by atoms with E-state index < -0.39 is 22.9 Å². The zero-order chi connectivity index (χ0) is 18.7. The summed E-state index contributed by atoms with van der Waals surface area (Å²) in [5.74, 6) is 0.0196. The lowest BCUT2D eigenvalue weighted by molar-refractivity contribution is 0.300. The maximum absolute atomic E-state index is 13.2. The lowest BCUT2D eigenvalue weighted by Crippen LogP contribution is -2.50. The summed E-state index contributed by atoms with van der Waals surface area (Å²) in [6, 6.07) is 0.0116. The number of nitrogens with zero attached hydrogens (tertiary/aromatic N) is 2. The summed E-state index contributed by atoms with van der Waals surface area (Å²) in [5.41, 5.74) is 5.79. The van der Waals surface area contributed by atoms with Crippen molar-refractivity contribution in [3.8, 4) is 0 Å². The molecule has 0 aromatic carbocycles. The highest BCUT2D eigenvalue weighted by molar-refractivity contribution is 7.86. The number of hydrogen-bond acceptors (Lipinski definition) is 6. The highest BCUT2D eigenvalue weighted by atomic mass is 32.2. The lowest BCUT2D eigenvalue weighted by atomic mass is 9.79. The molecule has 2 aliphatic rings. The first-order chi connectivity index (χ1) is 11.7. The summed E-state index contributed by atoms with van der Waals surface area (Å²) in [4.78, 5) is 0. The molecule has 5 N–H and O–H groups in total. The molecule has 2 saturated heterocycles. The molecule has 0 saturated carbocycles. The number of nitrogens with one attached hydrogen (secondary N) is 1. The molecule has 146 valence electrons. The van der Waals surface area contributed by atoms with Gasteiger partial charge in [0.1, 0.15) is 0 Å². The van der Waals surface area contributed by atoms with E-state index in [9.17, 15) is 8.42 Å². The van der Waals surface area contributed by atoms with Crippen LogP contribution in [0.3, 0.4) is 0 Å². The van der Waals surface area contributed by atoms with Crippen LogP contribution in [-0.4, -0.2) is 78.5 Å². The summed E-state index contributed by atoms with van der Waals surface area (Å²) >= 11 is 0. The van der Waals surface area contributed by atoms with Crippen molar-refractivity contribution >= 4 is 17.3 Å². The third-order valence-electron chi connectivity index (χ3n) is 5.40. The molecular formula is C15H33BN4O4S. The molecule has 2 fully saturated rings. The first-order valence-corrected chi connectivity index (χ1v) is 10.7. The molecule has 2 aliphatic heterocycles. The van der Waals surface area contributed by atoms with Crippen molar-refractivity contribution < 1.29 is 18.5 Å². The maximum atomic E-state index is 13.2. The van der Waals surface area contributed by atoms with Crippen molar-refractivity contribution in [2.45, 2.75) is 57.4 Å². The number of nitrogens with two attached hydrogens (primary N) is 1. The van der Waals surface area contributed by atoms with Crippen molar-refractivity contribution in [2.75, 3.05) is 32.7 Å². The Balaban J connectivity index is 2.07. The topological polar surface area (TPSA) is 119 Å². The molecular weight excluding hydrogens is 343 g/mol. The van der Waals surface area contributed by atoms with Gasteiger partial charge in [-0.15, -0.1) is 0 Å². The van der Waals surface area contributed by atoms with E-state index in [2.05, 4.69) is 5.32 Å². The van der Waals surface area contributed by atoms with Crippen molar-refractivity contribution in [1.29, 1.82) is 0 Å². The van der Waals surface area contributed by atoms with Crippen LogP contribution in [0, 0.1) is 5.92 Å². The fourth-order valence-corrected chi connectivity index (χ4v) is 5.99. The van der Waals surface area contributed by atoms with E-state index in [-0.39, 0.29) is 18.3 Å². The van der Waals surface area contributed by atoms with Gasteiger partial charge in [0.25, 0.3) is 10.2 Å². The second-order valence-electron chi connectivity index (χ2n) is 7.67. The molecule has 3 atom stereocenters. The minimum atomic E-state index is -3.54. The Labute approximate surface area is 152 Å². The van der Waals surface area contributed by atoms with Gasteiger partial charge in [0.05, 0.1) is 0 Å². The standard InChI is InChI=1S/C15H33BN4O4S/c1-3-9-20(14-6-8-18-10-14)25(23,24)19-11-13(15(2,17)12-19)5-4-7-16(21)22/h13-14,18,21-22H,3-12,17H2,1-2H3/t13-,14+,15-/m0/s1. The van der Waals surface area contributed by atoms with Crippen LogP contribution in [0.1, 0.15) is 39.5 Å². The van der Waals surface area contributed by atoms with Gasteiger partial charge in [0.2, 0.25) is 0 Å². The number of rotatable bonds is 9. The highest BCUT2D eigenvalue weighted by Crippen LogP contribution is 2.33. The number of hydrogen-bond donors (Lipinski definition) is 4. The van der Waals surface area contributed by atoms with Gasteiger partial charge in [-0.05, 0) is 45.0 Å². The van der Waals surface area contributed by atoms with Gasteiger partial charge in [0.15, 0.2) is 0 Å². The third-order valence-corrected chi connectivity index (χ3v) is 7.40. The van der Waals surface area contributed by atoms with E-state index in [0.717, 1.165) is 19.4 Å². The summed E-state index contributed by atoms with van der Waals surface area (Å²) in [7, 11) is -4.86. The fraction of sp³-hybridized carbons (Fsp3) is 1.00. The Morgan fingerprint density at radius 2 is 2.16 bits per heavy atom. The first kappa shape index (κ1) is 21.1. The van der Waals surface area contributed by atoms with Crippen LogP contribution in [0.4, 0.5) is 0 Å². The molecule has 0 spiro atoms. The van der Waals surface area contributed by atoms with Gasteiger partial charge in [-0.2, -0.15) is 17.0 Å². The van der Waals surface area contributed by atoms with Gasteiger partial charge < -0.3 is 21.1 Å². The Bertz CT molecular complexity index is 526. The van der Waals surface area contributed by atoms with Crippen LogP contribution < -0.4 is 11.1 Å². The molecule has 0 aromatic rings. The molecule has 10 heteroatoms. The monoisotopic (exact) mass is 376 g/mol. The Morgan fingerprint density at radius 3 is 2.72 bits per heavy atom. The first-order valence-electron chi connectivity index (χ1n) is 9.31. The predicted octanol–water partition coefficient (Wildman–Crippen LogP) is -0.793. The summed E-state index contributed by atoms with van der Waals surface area (Å²) in [6.07, 6.45) is 3.21. The average Bonchev–Trinajstić information content (AvgIpc) is 3.13. The Morgan fingerprint density at radius 1 is 1.44 bits per heavy atom. The summed E-state index contributed by atoms with van der Waals surface area (Å²) in [6.45, 7) is 6.66. The molecule has 0 amide bonds. The molecule has 0 aliphatic carbocycles. The predicted molar refractivity (Wildman–Crippen MR) is 99.1 cm³/mol. The van der Waals surface area contributed by atoms with Gasteiger partial charge in [-0.3, -0.25) is 0 Å². The van der Waals surface area contributed by atoms with Crippen LogP contribution in [-0.2, 0) is 10.2 Å². The molecule has 8 nitrogen and oxygen atoms in total. The molecule has 0 unspecified atom stereocenters. The summed E-state index contributed by atoms with van der Waals surface area (Å²) in [5, 5.41) is 21.2. The third kappa shape index (κ3) is 5.15. The van der Waals surface area contributed by atoms with Crippen LogP contribution >= 0.6 is 0 Å². The van der Waals surface area contributed by atoms with Crippen LogP contribution in [0.5, 0.6) is 0 Å². The van der Waals surface area contributed by atoms with Gasteiger partial charge in [0, 0.05) is 37.8 Å². The van der Waals surface area contributed by atoms with Crippen molar-refractivity contribution in [2.24, 2.45) is 11.7 Å². The van der Waals surface area contributed by atoms with Crippen molar-refractivity contribution in [3.05, 3.63) is 0 Å². The molecule has 0 radical (unpaired) electrons. The largest absolute Gasteiger partial charge is 0.451 e. The normalized spacial score (nSPS) is 31.1. The van der Waals surface area contributed by atoms with Crippen LogP contribution in [0.25, 0.3) is 0 Å².